The second kappa shape index (κ2) is 11.3. The number of benzene rings is 2. The Labute approximate surface area is 233 Å². The third-order valence-corrected chi connectivity index (χ3v) is 8.19. The highest BCUT2D eigenvalue weighted by atomic mass is 32.2. The largest absolute Gasteiger partial charge is 0.443 e. The zero-order valence-corrected chi connectivity index (χ0v) is 23.6. The number of hydrogen-bond acceptors (Lipinski definition) is 8. The molecule has 0 spiro atoms. The van der Waals surface area contributed by atoms with Crippen molar-refractivity contribution in [3.05, 3.63) is 70.1 Å². The van der Waals surface area contributed by atoms with E-state index in [0.717, 1.165) is 34.6 Å². The van der Waals surface area contributed by atoms with Crippen molar-refractivity contribution >= 4 is 39.0 Å². The van der Waals surface area contributed by atoms with E-state index in [-0.39, 0.29) is 35.4 Å². The Morgan fingerprint density at radius 2 is 1.77 bits per heavy atom. The van der Waals surface area contributed by atoms with Crippen molar-refractivity contribution in [1.82, 2.24) is 9.88 Å². The van der Waals surface area contributed by atoms with Gasteiger partial charge in [-0.2, -0.15) is 0 Å². The Kier molecular flexibility index (Phi) is 8.43. The number of amides is 1. The van der Waals surface area contributed by atoms with Crippen LogP contribution >= 0.6 is 11.3 Å². The van der Waals surface area contributed by atoms with Crippen LogP contribution in [0, 0.1) is 11.6 Å². The first kappa shape index (κ1) is 29.7. The minimum atomic E-state index is -5.10. The van der Waals surface area contributed by atoms with Crippen LogP contribution in [0.3, 0.4) is 0 Å². The molecule has 216 valence electrons. The van der Waals surface area contributed by atoms with Gasteiger partial charge < -0.3 is 10.1 Å². The summed E-state index contributed by atoms with van der Waals surface area (Å²) in [6.07, 6.45) is -0.858. The molecule has 2 aromatic carbocycles. The molecule has 0 saturated carbocycles. The molecule has 0 atom stereocenters. The summed E-state index contributed by atoms with van der Waals surface area (Å²) < 4.78 is 88.7. The Hall–Kier alpha value is -3.23. The summed E-state index contributed by atoms with van der Waals surface area (Å²) in [5.74, 6) is -5.85. The summed E-state index contributed by atoms with van der Waals surface area (Å²) in [6.45, 7) is 4.56. The molecule has 1 aliphatic heterocycles. The topological polar surface area (TPSA) is 91.8 Å². The number of carbonyl (C=O) groups excluding carboxylic acids is 1. The highest BCUT2D eigenvalue weighted by molar-refractivity contribution is 7.93. The van der Waals surface area contributed by atoms with Crippen molar-refractivity contribution in [2.45, 2.75) is 50.2 Å². The smallest absolute Gasteiger partial charge is 0.430 e. The fraction of sp³-hybridized carbons (Fsp3) is 0.385. The minimum absolute atomic E-state index is 0.0383. The zero-order chi connectivity index (χ0) is 29.3. The first-order chi connectivity index (χ1) is 18.7. The second-order valence-electron chi connectivity index (χ2n) is 10.3. The number of rotatable bonds is 9. The monoisotopic (exact) mass is 600 g/mol. The first-order valence-corrected chi connectivity index (χ1v) is 14.6. The number of thiazole rings is 1. The van der Waals surface area contributed by atoms with Crippen molar-refractivity contribution in [2.75, 3.05) is 29.3 Å². The lowest BCUT2D eigenvalue weighted by atomic mass is 10.0. The lowest BCUT2D eigenvalue weighted by Gasteiger charge is -2.38. The second-order valence-corrected chi connectivity index (χ2v) is 12.7. The third kappa shape index (κ3) is 6.91. The van der Waals surface area contributed by atoms with E-state index in [9.17, 15) is 22.0 Å². The Morgan fingerprint density at radius 1 is 1.15 bits per heavy atom. The maximum atomic E-state index is 15.2. The van der Waals surface area contributed by atoms with Crippen LogP contribution < -0.4 is 9.62 Å². The summed E-state index contributed by atoms with van der Waals surface area (Å²) in [5, 5.41) is 4.11. The number of likely N-dealkylation sites (tertiary alicyclic amines) is 1. The SMILES string of the molecule is CC(C)(C)OC(=O)N(c1cscn1)S(=O)(=O)c1c(F)cc(NCc2ccccc2CCN2CC(F)(F)C2)cc1F. The van der Waals surface area contributed by atoms with Crippen LogP contribution in [0.15, 0.2) is 52.2 Å². The van der Waals surface area contributed by atoms with Crippen molar-refractivity contribution in [1.29, 1.82) is 0 Å². The number of carbonyl (C=O) groups is 1. The Balaban J connectivity index is 1.53. The number of hydrogen-bond donors (Lipinski definition) is 1. The lowest BCUT2D eigenvalue weighted by Crippen LogP contribution is -2.56. The van der Waals surface area contributed by atoms with E-state index in [1.54, 1.807) is 23.1 Å². The van der Waals surface area contributed by atoms with E-state index in [0.29, 0.717) is 13.0 Å². The van der Waals surface area contributed by atoms with E-state index < -0.39 is 44.2 Å². The molecule has 3 aromatic rings. The lowest BCUT2D eigenvalue weighted by molar-refractivity contribution is -0.129. The van der Waals surface area contributed by atoms with E-state index in [4.69, 9.17) is 4.74 Å². The van der Waals surface area contributed by atoms with Gasteiger partial charge in [0, 0.05) is 24.2 Å². The molecule has 1 aromatic heterocycles. The predicted molar refractivity (Wildman–Crippen MR) is 143 cm³/mol. The molecule has 2 heterocycles. The van der Waals surface area contributed by atoms with Gasteiger partial charge in [-0.1, -0.05) is 24.3 Å². The fourth-order valence-corrected chi connectivity index (χ4v) is 6.10. The molecule has 40 heavy (non-hydrogen) atoms. The average molecular weight is 601 g/mol. The van der Waals surface area contributed by atoms with Crippen LogP contribution in [0.2, 0.25) is 0 Å². The molecule has 8 nitrogen and oxygen atoms in total. The summed E-state index contributed by atoms with van der Waals surface area (Å²) in [6, 6.07) is 8.85. The first-order valence-electron chi connectivity index (χ1n) is 12.2. The number of nitrogens with one attached hydrogen (secondary N) is 1. The summed E-state index contributed by atoms with van der Waals surface area (Å²) in [7, 11) is -5.10. The van der Waals surface area contributed by atoms with Crippen LogP contribution in [0.4, 0.5) is 33.9 Å². The standard InChI is InChI=1S/C26H28F4N4O4S2/c1-25(2,3)38-24(35)34(22-13-39-16-32-22)40(36,37)23-20(27)10-19(11-21(23)28)31-12-18-7-5-4-6-17(18)8-9-33-14-26(29,30)15-33/h4-7,10-11,13,16,31H,8-9,12,14-15H2,1-3H3. The molecule has 1 fully saturated rings. The zero-order valence-electron chi connectivity index (χ0n) is 22.0. The van der Waals surface area contributed by atoms with E-state index in [1.165, 1.54) is 31.7 Å². The van der Waals surface area contributed by atoms with Crippen LogP contribution in [0.5, 0.6) is 0 Å². The number of sulfonamides is 1. The molecule has 0 unspecified atom stereocenters. The molecule has 1 amide bonds. The van der Waals surface area contributed by atoms with Gasteiger partial charge in [0.25, 0.3) is 15.9 Å². The summed E-state index contributed by atoms with van der Waals surface area (Å²) in [5.41, 5.74) is 1.79. The van der Waals surface area contributed by atoms with Gasteiger partial charge in [-0.3, -0.25) is 4.90 Å². The maximum absolute atomic E-state index is 15.2. The van der Waals surface area contributed by atoms with Crippen LogP contribution in [-0.2, 0) is 27.7 Å². The van der Waals surface area contributed by atoms with E-state index in [2.05, 4.69) is 10.3 Å². The Morgan fingerprint density at radius 3 is 2.33 bits per heavy atom. The number of alkyl halides is 2. The molecular weight excluding hydrogens is 572 g/mol. The quantitative estimate of drug-likeness (QED) is 0.317. The van der Waals surface area contributed by atoms with Crippen molar-refractivity contribution in [3.8, 4) is 0 Å². The van der Waals surface area contributed by atoms with Gasteiger partial charge in [0.2, 0.25) is 0 Å². The maximum Gasteiger partial charge on any atom is 0.430 e. The average Bonchev–Trinajstić information content (AvgIpc) is 3.32. The summed E-state index contributed by atoms with van der Waals surface area (Å²) in [4.78, 5) is 16.9. The number of aromatic nitrogens is 1. The van der Waals surface area contributed by atoms with Gasteiger partial charge in [0.05, 0.1) is 18.6 Å². The predicted octanol–water partition coefficient (Wildman–Crippen LogP) is 5.66. The minimum Gasteiger partial charge on any atom is -0.443 e. The van der Waals surface area contributed by atoms with Gasteiger partial charge in [0.1, 0.15) is 17.2 Å². The van der Waals surface area contributed by atoms with Crippen molar-refractivity contribution < 1.29 is 35.5 Å². The molecule has 14 heteroatoms. The molecule has 0 radical (unpaired) electrons. The molecule has 4 rings (SSSR count). The highest BCUT2D eigenvalue weighted by Crippen LogP contribution is 2.31. The van der Waals surface area contributed by atoms with Gasteiger partial charge >= 0.3 is 6.09 Å². The van der Waals surface area contributed by atoms with E-state index in [1.807, 2.05) is 6.07 Å². The van der Waals surface area contributed by atoms with Gasteiger partial charge in [-0.25, -0.2) is 35.8 Å². The molecule has 0 bridgehead atoms. The molecular formula is C26H28F4N4O4S2. The molecule has 0 aliphatic carbocycles. The summed E-state index contributed by atoms with van der Waals surface area (Å²) >= 11 is 0.982. The normalized spacial score (nSPS) is 15.4. The van der Waals surface area contributed by atoms with Crippen LogP contribution in [0.25, 0.3) is 0 Å². The van der Waals surface area contributed by atoms with Gasteiger partial charge in [-0.05, 0) is 50.5 Å². The third-order valence-electron chi connectivity index (χ3n) is 5.89. The number of ether oxygens (including phenoxy) is 1. The van der Waals surface area contributed by atoms with Gasteiger partial charge in [-0.15, -0.1) is 15.6 Å². The Bertz CT molecular complexity index is 1450. The van der Waals surface area contributed by atoms with Gasteiger partial charge in [0.15, 0.2) is 10.7 Å². The van der Waals surface area contributed by atoms with Crippen molar-refractivity contribution in [2.24, 2.45) is 0 Å². The highest BCUT2D eigenvalue weighted by Gasteiger charge is 2.43. The number of anilines is 2. The van der Waals surface area contributed by atoms with E-state index >= 15 is 8.78 Å². The molecule has 1 N–H and O–H groups in total. The van der Waals surface area contributed by atoms with Crippen molar-refractivity contribution in [3.63, 3.8) is 0 Å². The number of halogens is 4. The fourth-order valence-electron chi connectivity index (χ4n) is 4.14. The molecule has 1 aliphatic rings. The number of nitrogens with zero attached hydrogens (tertiary/aromatic N) is 3. The molecule has 1 saturated heterocycles. The van der Waals surface area contributed by atoms with Crippen LogP contribution in [0.1, 0.15) is 31.9 Å². The van der Waals surface area contributed by atoms with Crippen LogP contribution in [-0.4, -0.2) is 55.6 Å².